The van der Waals surface area contributed by atoms with Gasteiger partial charge in [-0.3, -0.25) is 14.6 Å². The fourth-order valence-electron chi connectivity index (χ4n) is 4.94. The van der Waals surface area contributed by atoms with Crippen molar-refractivity contribution in [3.05, 3.63) is 81.9 Å². The molecule has 1 amide bonds. The minimum absolute atomic E-state index is 0.0913. The van der Waals surface area contributed by atoms with Gasteiger partial charge in [-0.05, 0) is 36.3 Å². The van der Waals surface area contributed by atoms with Gasteiger partial charge < -0.3 is 33.6 Å². The third kappa shape index (κ3) is 5.24. The zero-order valence-corrected chi connectivity index (χ0v) is 22.6. The van der Waals surface area contributed by atoms with E-state index in [9.17, 15) is 9.59 Å². The summed E-state index contributed by atoms with van der Waals surface area (Å²) in [5, 5.41) is 2.87. The molecule has 41 heavy (non-hydrogen) atoms. The Bertz CT molecular complexity index is 1710. The second-order valence-corrected chi connectivity index (χ2v) is 9.45. The molecule has 0 saturated carbocycles. The van der Waals surface area contributed by atoms with Crippen LogP contribution in [0.3, 0.4) is 0 Å². The Kier molecular flexibility index (Phi) is 7.36. The Morgan fingerprint density at radius 1 is 1.05 bits per heavy atom. The third-order valence-electron chi connectivity index (χ3n) is 7.00. The average Bonchev–Trinajstić information content (AvgIpc) is 3.01. The number of fused-ring (bicyclic) bond motifs is 2. The molecule has 2 aliphatic heterocycles. The van der Waals surface area contributed by atoms with Crippen LogP contribution < -0.4 is 25.0 Å². The molecule has 3 aromatic heterocycles. The minimum atomic E-state index is -0.488. The second kappa shape index (κ2) is 11.4. The third-order valence-corrected chi connectivity index (χ3v) is 7.00. The first kappa shape index (κ1) is 26.5. The van der Waals surface area contributed by atoms with Gasteiger partial charge in [-0.25, -0.2) is 4.98 Å². The lowest BCUT2D eigenvalue weighted by atomic mass is 9.98. The number of pyridine rings is 3. The second-order valence-electron chi connectivity index (χ2n) is 9.45. The first-order chi connectivity index (χ1) is 20.1. The van der Waals surface area contributed by atoms with Gasteiger partial charge in [-0.15, -0.1) is 0 Å². The van der Waals surface area contributed by atoms with E-state index in [-0.39, 0.29) is 17.6 Å². The maximum Gasteiger partial charge on any atom is 0.261 e. The van der Waals surface area contributed by atoms with E-state index in [0.29, 0.717) is 83.9 Å². The molecule has 4 aromatic rings. The lowest BCUT2D eigenvalue weighted by Crippen LogP contribution is -2.32. The van der Waals surface area contributed by atoms with Crippen molar-refractivity contribution in [3.63, 3.8) is 0 Å². The van der Waals surface area contributed by atoms with Gasteiger partial charge in [0.1, 0.15) is 16.8 Å². The summed E-state index contributed by atoms with van der Waals surface area (Å²) in [6, 6.07) is 10.3. The highest BCUT2D eigenvalue weighted by Gasteiger charge is 2.25. The van der Waals surface area contributed by atoms with Crippen LogP contribution in [0, 0.1) is 0 Å². The van der Waals surface area contributed by atoms with Crippen LogP contribution in [0.5, 0.6) is 23.1 Å². The maximum absolute atomic E-state index is 13.6. The molecule has 0 bridgehead atoms. The SMILES string of the molecule is COc1cc2nccc(Oc3ccc(NC(=O)c4c5n(cc(C6=CCOCC6)c4=O)CCOC5)cc3)c2nc1OC. The Balaban J connectivity index is 1.25. The molecule has 210 valence electrons. The fourth-order valence-corrected chi connectivity index (χ4v) is 4.94. The van der Waals surface area contributed by atoms with Gasteiger partial charge in [0.15, 0.2) is 11.5 Å². The van der Waals surface area contributed by atoms with Gasteiger partial charge in [0.2, 0.25) is 5.43 Å². The van der Waals surface area contributed by atoms with Crippen molar-refractivity contribution in [2.75, 3.05) is 39.4 Å². The number of ether oxygens (including phenoxy) is 5. The van der Waals surface area contributed by atoms with Gasteiger partial charge >= 0.3 is 0 Å². The first-order valence-electron chi connectivity index (χ1n) is 13.1. The zero-order chi connectivity index (χ0) is 28.3. The number of methoxy groups -OCH3 is 2. The highest BCUT2D eigenvalue weighted by atomic mass is 16.5. The molecule has 0 aliphatic carbocycles. The van der Waals surface area contributed by atoms with Crippen LogP contribution in [0.2, 0.25) is 0 Å². The van der Waals surface area contributed by atoms with Crippen LogP contribution in [-0.4, -0.2) is 54.5 Å². The summed E-state index contributed by atoms with van der Waals surface area (Å²) in [5.41, 5.74) is 3.38. The molecule has 0 fully saturated rings. The zero-order valence-electron chi connectivity index (χ0n) is 22.6. The van der Waals surface area contributed by atoms with Crippen molar-refractivity contribution in [1.82, 2.24) is 14.5 Å². The Morgan fingerprint density at radius 3 is 2.66 bits per heavy atom. The first-order valence-corrected chi connectivity index (χ1v) is 13.1. The molecule has 0 spiro atoms. The van der Waals surface area contributed by atoms with E-state index in [0.717, 1.165) is 5.57 Å². The maximum atomic E-state index is 13.6. The summed E-state index contributed by atoms with van der Waals surface area (Å²) in [4.78, 5) is 35.9. The van der Waals surface area contributed by atoms with Crippen molar-refractivity contribution in [2.24, 2.45) is 0 Å². The standard InChI is InChI=1S/C30H28N4O7/c1-37-25-15-22-27(33-30(25)38-2)24(7-10-31-22)41-20-5-3-19(4-6-20)32-29(36)26-23-17-40-14-11-34(23)16-21(28(26)35)18-8-12-39-13-9-18/h3-8,10,15-16H,9,11-14,17H2,1-2H3,(H,32,36). The summed E-state index contributed by atoms with van der Waals surface area (Å²) >= 11 is 0. The Hall–Kier alpha value is -4.74. The summed E-state index contributed by atoms with van der Waals surface area (Å²) in [5.74, 6) is 1.29. The number of aromatic nitrogens is 3. The van der Waals surface area contributed by atoms with Gasteiger partial charge in [0, 0.05) is 42.3 Å². The van der Waals surface area contributed by atoms with Crippen molar-refractivity contribution < 1.29 is 28.5 Å². The lowest BCUT2D eigenvalue weighted by Gasteiger charge is -2.24. The molecule has 0 radical (unpaired) electrons. The van der Waals surface area contributed by atoms with E-state index in [1.54, 1.807) is 42.6 Å². The van der Waals surface area contributed by atoms with E-state index < -0.39 is 5.91 Å². The number of nitrogens with zero attached hydrogens (tertiary/aromatic N) is 3. The normalized spacial score (nSPS) is 14.6. The Labute approximate surface area is 235 Å². The number of amides is 1. The molecular formula is C30H28N4O7. The van der Waals surface area contributed by atoms with E-state index in [1.165, 1.54) is 14.2 Å². The number of benzene rings is 1. The smallest absolute Gasteiger partial charge is 0.261 e. The molecule has 2 aliphatic rings. The molecular weight excluding hydrogens is 528 g/mol. The number of carbonyl (C=O) groups is 1. The highest BCUT2D eigenvalue weighted by Crippen LogP contribution is 2.34. The van der Waals surface area contributed by atoms with Gasteiger partial charge in [-0.1, -0.05) is 6.08 Å². The van der Waals surface area contributed by atoms with Crippen molar-refractivity contribution in [3.8, 4) is 23.1 Å². The Morgan fingerprint density at radius 2 is 1.90 bits per heavy atom. The van der Waals surface area contributed by atoms with Crippen LogP contribution in [-0.2, 0) is 22.6 Å². The molecule has 11 heteroatoms. The van der Waals surface area contributed by atoms with Crippen LogP contribution in [0.1, 0.15) is 28.0 Å². The average molecular weight is 557 g/mol. The quantitative estimate of drug-likeness (QED) is 0.357. The number of nitrogens with one attached hydrogen (secondary N) is 1. The number of carbonyl (C=O) groups excluding carboxylic acids is 1. The highest BCUT2D eigenvalue weighted by molar-refractivity contribution is 6.05. The number of hydrogen-bond donors (Lipinski definition) is 1. The van der Waals surface area contributed by atoms with E-state index in [1.807, 2.05) is 16.8 Å². The van der Waals surface area contributed by atoms with Gasteiger partial charge in [0.25, 0.3) is 11.8 Å². The summed E-state index contributed by atoms with van der Waals surface area (Å²) in [6.07, 6.45) is 5.98. The van der Waals surface area contributed by atoms with Crippen molar-refractivity contribution in [2.45, 2.75) is 19.6 Å². The number of hydrogen-bond acceptors (Lipinski definition) is 9. The molecule has 1 aromatic carbocycles. The largest absolute Gasteiger partial charge is 0.491 e. The number of anilines is 1. The molecule has 0 saturated heterocycles. The van der Waals surface area contributed by atoms with Crippen LogP contribution >= 0.6 is 0 Å². The summed E-state index contributed by atoms with van der Waals surface area (Å²) < 4.78 is 29.7. The topological polar surface area (TPSA) is 123 Å². The van der Waals surface area contributed by atoms with Crippen molar-refractivity contribution >= 4 is 28.2 Å². The summed E-state index contributed by atoms with van der Waals surface area (Å²) in [6.45, 7) is 2.26. The van der Waals surface area contributed by atoms with Crippen molar-refractivity contribution in [1.29, 1.82) is 0 Å². The predicted molar refractivity (Wildman–Crippen MR) is 151 cm³/mol. The lowest BCUT2D eigenvalue weighted by molar-refractivity contribution is 0.0807. The van der Waals surface area contributed by atoms with Crippen LogP contribution in [0.4, 0.5) is 5.69 Å². The van der Waals surface area contributed by atoms with Gasteiger partial charge in [-0.2, -0.15) is 0 Å². The molecule has 6 rings (SSSR count). The van der Waals surface area contributed by atoms with Crippen LogP contribution in [0.15, 0.2) is 59.7 Å². The molecule has 1 N–H and O–H groups in total. The number of rotatable bonds is 7. The van der Waals surface area contributed by atoms with E-state index in [2.05, 4.69) is 15.3 Å². The molecule has 11 nitrogen and oxygen atoms in total. The fraction of sp³-hybridized carbons (Fsp3) is 0.267. The summed E-state index contributed by atoms with van der Waals surface area (Å²) in [7, 11) is 3.04. The van der Waals surface area contributed by atoms with E-state index in [4.69, 9.17) is 23.7 Å². The van der Waals surface area contributed by atoms with Crippen LogP contribution in [0.25, 0.3) is 16.6 Å². The molecule has 0 unspecified atom stereocenters. The predicted octanol–water partition coefficient (Wildman–Crippen LogP) is 4.19. The van der Waals surface area contributed by atoms with E-state index >= 15 is 0 Å². The van der Waals surface area contributed by atoms with Gasteiger partial charge in [0.05, 0.1) is 51.9 Å². The molecule has 5 heterocycles. The minimum Gasteiger partial charge on any atom is -0.491 e. The monoisotopic (exact) mass is 556 g/mol. The molecule has 0 atom stereocenters.